The van der Waals surface area contributed by atoms with Gasteiger partial charge >= 0.3 is 0 Å². The van der Waals surface area contributed by atoms with Crippen LogP contribution in [-0.4, -0.2) is 11.5 Å². The summed E-state index contributed by atoms with van der Waals surface area (Å²) < 4.78 is 0. The van der Waals surface area contributed by atoms with Crippen molar-refractivity contribution in [3.8, 4) is 0 Å². The van der Waals surface area contributed by atoms with E-state index < -0.39 is 0 Å². The van der Waals surface area contributed by atoms with Crippen LogP contribution in [0.15, 0.2) is 11.6 Å². The summed E-state index contributed by atoms with van der Waals surface area (Å²) in [6, 6.07) is 0. The molecule has 3 heteroatoms. The first-order chi connectivity index (χ1) is 6.90. The second-order valence-corrected chi connectivity index (χ2v) is 5.15. The lowest BCUT2D eigenvalue weighted by atomic mass is 9.78. The Morgan fingerprint density at radius 1 is 1.36 bits per heavy atom. The maximum atomic E-state index is 5.81. The molecule has 0 aromatic carbocycles. The van der Waals surface area contributed by atoms with Crippen molar-refractivity contribution in [1.29, 1.82) is 0 Å². The summed E-state index contributed by atoms with van der Waals surface area (Å²) in [5, 5.41) is 3.35. The topological polar surface area (TPSA) is 38.9 Å². The quantitative estimate of drug-likeness (QED) is 0.832. The Morgan fingerprint density at radius 3 is 2.79 bits per heavy atom. The molecule has 0 aliphatic heterocycles. The molecule has 2 N–H and O–H groups in total. The molecule has 2 rings (SSSR count). The molecule has 2 atom stereocenters. The minimum atomic E-state index is 0.743. The molecule has 14 heavy (non-hydrogen) atoms. The molecule has 0 radical (unpaired) electrons. The van der Waals surface area contributed by atoms with Gasteiger partial charge in [-0.3, -0.25) is 0 Å². The van der Waals surface area contributed by atoms with E-state index in [9.17, 15) is 0 Å². The average Bonchev–Trinajstić information content (AvgIpc) is 2.71. The Hall–Kier alpha value is -0.410. The number of hydrogen-bond donors (Lipinski definition) is 1. The second-order valence-electron chi connectivity index (χ2n) is 4.17. The standard InChI is InChI=1S/C11H18N2S/c12-8-10-4-2-1-3-9(10)7-11-13-5-6-14-11/h5-6,9-10H,1-4,7-8,12H2. The summed E-state index contributed by atoms with van der Waals surface area (Å²) >= 11 is 1.78. The lowest BCUT2D eigenvalue weighted by Gasteiger charge is -2.29. The van der Waals surface area contributed by atoms with Gasteiger partial charge in [0.1, 0.15) is 0 Å². The van der Waals surface area contributed by atoms with E-state index in [2.05, 4.69) is 10.4 Å². The van der Waals surface area contributed by atoms with Gasteiger partial charge in [-0.2, -0.15) is 0 Å². The number of rotatable bonds is 3. The van der Waals surface area contributed by atoms with Crippen molar-refractivity contribution in [1.82, 2.24) is 4.98 Å². The van der Waals surface area contributed by atoms with Crippen molar-refractivity contribution in [3.05, 3.63) is 16.6 Å². The molecule has 0 spiro atoms. The van der Waals surface area contributed by atoms with Crippen molar-refractivity contribution in [2.24, 2.45) is 17.6 Å². The summed E-state index contributed by atoms with van der Waals surface area (Å²) in [5.74, 6) is 1.53. The van der Waals surface area contributed by atoms with Gasteiger partial charge in [-0.05, 0) is 31.2 Å². The predicted molar refractivity (Wildman–Crippen MR) is 60.3 cm³/mol. The molecule has 78 valence electrons. The van der Waals surface area contributed by atoms with Crippen molar-refractivity contribution in [2.45, 2.75) is 32.1 Å². The first kappa shape index (κ1) is 10.1. The molecule has 0 bridgehead atoms. The third kappa shape index (κ3) is 2.34. The van der Waals surface area contributed by atoms with Gasteiger partial charge in [0.25, 0.3) is 0 Å². The fourth-order valence-corrected chi connectivity index (χ4v) is 3.15. The van der Waals surface area contributed by atoms with Crippen LogP contribution >= 0.6 is 11.3 Å². The molecule has 1 heterocycles. The molecule has 0 saturated heterocycles. The predicted octanol–water partition coefficient (Wildman–Crippen LogP) is 2.45. The molecule has 1 aromatic rings. The van der Waals surface area contributed by atoms with Crippen LogP contribution in [0.25, 0.3) is 0 Å². The largest absolute Gasteiger partial charge is 0.330 e. The van der Waals surface area contributed by atoms with E-state index in [1.165, 1.54) is 30.7 Å². The van der Waals surface area contributed by atoms with Gasteiger partial charge in [0, 0.05) is 18.0 Å². The average molecular weight is 210 g/mol. The molecule has 1 aliphatic carbocycles. The van der Waals surface area contributed by atoms with Gasteiger partial charge in [-0.25, -0.2) is 4.98 Å². The highest BCUT2D eigenvalue weighted by Gasteiger charge is 2.24. The first-order valence-corrected chi connectivity index (χ1v) is 6.36. The summed E-state index contributed by atoms with van der Waals surface area (Å²) in [7, 11) is 0. The molecular formula is C11H18N2S. The summed E-state index contributed by atoms with van der Waals surface area (Å²) in [6.07, 6.45) is 8.48. The fourth-order valence-electron chi connectivity index (χ4n) is 2.44. The van der Waals surface area contributed by atoms with E-state index in [-0.39, 0.29) is 0 Å². The Kier molecular flexibility index (Phi) is 3.54. The van der Waals surface area contributed by atoms with Crippen molar-refractivity contribution >= 4 is 11.3 Å². The zero-order valence-electron chi connectivity index (χ0n) is 8.48. The third-order valence-corrected chi connectivity index (χ3v) is 4.09. The molecule has 1 fully saturated rings. The number of nitrogens with two attached hydrogens (primary N) is 1. The third-order valence-electron chi connectivity index (χ3n) is 3.29. The summed E-state index contributed by atoms with van der Waals surface area (Å²) in [6.45, 7) is 0.857. The van der Waals surface area contributed by atoms with Gasteiger partial charge in [0.05, 0.1) is 5.01 Å². The number of nitrogens with zero attached hydrogens (tertiary/aromatic N) is 1. The Bertz CT molecular complexity index is 258. The molecule has 1 aromatic heterocycles. The van der Waals surface area contributed by atoms with E-state index in [0.717, 1.165) is 24.8 Å². The zero-order valence-corrected chi connectivity index (χ0v) is 9.30. The fraction of sp³-hybridized carbons (Fsp3) is 0.727. The smallest absolute Gasteiger partial charge is 0.0927 e. The second kappa shape index (κ2) is 4.89. The normalized spacial score (nSPS) is 27.8. The van der Waals surface area contributed by atoms with Crippen LogP contribution in [0.2, 0.25) is 0 Å². The monoisotopic (exact) mass is 210 g/mol. The minimum Gasteiger partial charge on any atom is -0.330 e. The van der Waals surface area contributed by atoms with Crippen LogP contribution in [0.1, 0.15) is 30.7 Å². The van der Waals surface area contributed by atoms with Crippen LogP contribution in [0, 0.1) is 11.8 Å². The van der Waals surface area contributed by atoms with Gasteiger partial charge < -0.3 is 5.73 Å². The van der Waals surface area contributed by atoms with Crippen molar-refractivity contribution in [2.75, 3.05) is 6.54 Å². The Morgan fingerprint density at radius 2 is 2.14 bits per heavy atom. The van der Waals surface area contributed by atoms with Crippen molar-refractivity contribution < 1.29 is 0 Å². The van der Waals surface area contributed by atoms with Gasteiger partial charge in [0.15, 0.2) is 0 Å². The maximum Gasteiger partial charge on any atom is 0.0927 e. The van der Waals surface area contributed by atoms with E-state index in [1.54, 1.807) is 11.3 Å². The van der Waals surface area contributed by atoms with E-state index >= 15 is 0 Å². The molecular weight excluding hydrogens is 192 g/mol. The molecule has 2 nitrogen and oxygen atoms in total. The van der Waals surface area contributed by atoms with Crippen LogP contribution in [0.4, 0.5) is 0 Å². The highest BCUT2D eigenvalue weighted by Crippen LogP contribution is 2.32. The Labute approximate surface area is 89.5 Å². The van der Waals surface area contributed by atoms with Crippen LogP contribution in [-0.2, 0) is 6.42 Å². The van der Waals surface area contributed by atoms with Crippen LogP contribution < -0.4 is 5.73 Å². The molecule has 1 saturated carbocycles. The van der Waals surface area contributed by atoms with Crippen molar-refractivity contribution in [3.63, 3.8) is 0 Å². The van der Waals surface area contributed by atoms with Crippen LogP contribution in [0.3, 0.4) is 0 Å². The number of aromatic nitrogens is 1. The Balaban J connectivity index is 1.94. The lowest BCUT2D eigenvalue weighted by Crippen LogP contribution is -2.28. The molecule has 1 aliphatic rings. The van der Waals surface area contributed by atoms with E-state index in [1.807, 2.05) is 6.20 Å². The highest BCUT2D eigenvalue weighted by molar-refractivity contribution is 7.09. The highest BCUT2D eigenvalue weighted by atomic mass is 32.1. The van der Waals surface area contributed by atoms with Crippen LogP contribution in [0.5, 0.6) is 0 Å². The van der Waals surface area contributed by atoms with E-state index in [0.29, 0.717) is 0 Å². The first-order valence-electron chi connectivity index (χ1n) is 5.48. The van der Waals surface area contributed by atoms with Gasteiger partial charge in [0.2, 0.25) is 0 Å². The minimum absolute atomic E-state index is 0.743. The lowest BCUT2D eigenvalue weighted by molar-refractivity contribution is 0.242. The number of thiazole rings is 1. The molecule has 0 amide bonds. The van der Waals surface area contributed by atoms with Gasteiger partial charge in [-0.1, -0.05) is 12.8 Å². The van der Waals surface area contributed by atoms with Gasteiger partial charge in [-0.15, -0.1) is 11.3 Å². The zero-order chi connectivity index (χ0) is 9.80. The summed E-state index contributed by atoms with van der Waals surface area (Å²) in [5.41, 5.74) is 5.81. The molecule has 2 unspecified atom stereocenters. The number of hydrogen-bond acceptors (Lipinski definition) is 3. The summed E-state index contributed by atoms with van der Waals surface area (Å²) in [4.78, 5) is 4.36. The SMILES string of the molecule is NCC1CCCCC1Cc1nccs1. The van der Waals surface area contributed by atoms with E-state index in [4.69, 9.17) is 5.73 Å². The maximum absolute atomic E-state index is 5.81.